The molecule has 1 aromatic carbocycles. The first-order chi connectivity index (χ1) is 8.14. The molecule has 2 rings (SSSR count). The lowest BCUT2D eigenvalue weighted by molar-refractivity contribution is -0.126. The average molecular weight is 233 g/mol. The van der Waals surface area contributed by atoms with Crippen LogP contribution < -0.4 is 5.73 Å². The second-order valence-corrected chi connectivity index (χ2v) is 4.42. The molecule has 17 heavy (non-hydrogen) atoms. The number of aryl methyl sites for hydroxylation is 1. The molecule has 0 aromatic heterocycles. The minimum Gasteiger partial charge on any atom is -0.315 e. The van der Waals surface area contributed by atoms with Crippen molar-refractivity contribution in [2.45, 2.75) is 52.0 Å². The van der Waals surface area contributed by atoms with Crippen molar-refractivity contribution >= 4 is 5.78 Å². The number of benzene rings is 1. The molecule has 1 atom stereocenters. The van der Waals surface area contributed by atoms with Crippen LogP contribution in [0.1, 0.15) is 50.7 Å². The maximum atomic E-state index is 11.9. The maximum Gasteiger partial charge on any atom is 0.157 e. The van der Waals surface area contributed by atoms with E-state index in [-0.39, 0.29) is 5.78 Å². The second kappa shape index (κ2) is 5.97. The molecule has 0 heterocycles. The molecule has 2 nitrogen and oxygen atoms in total. The Labute approximate surface area is 104 Å². The van der Waals surface area contributed by atoms with Crippen LogP contribution in [0.4, 0.5) is 0 Å². The molecule has 0 amide bonds. The summed E-state index contributed by atoms with van der Waals surface area (Å²) in [5.74, 6) is 0.197. The van der Waals surface area contributed by atoms with Gasteiger partial charge in [-0.05, 0) is 30.9 Å². The van der Waals surface area contributed by atoms with Crippen LogP contribution in [0.2, 0.25) is 0 Å². The number of Topliss-reactive ketones (excluding diaryl/α,β-unsaturated/α-hetero) is 1. The largest absolute Gasteiger partial charge is 0.315 e. The van der Waals surface area contributed by atoms with Crippen LogP contribution in [0.3, 0.4) is 0 Å². The number of carbonyl (C=O) groups excluding carboxylic acids is 1. The normalized spacial score (nSPS) is 23.9. The van der Waals surface area contributed by atoms with E-state index < -0.39 is 5.54 Å². The number of nitrogens with two attached hydrogens (primary N) is 1. The summed E-state index contributed by atoms with van der Waals surface area (Å²) in [6, 6.07) is 7.94. The molecule has 94 valence electrons. The third-order valence-electron chi connectivity index (χ3n) is 3.35. The molecule has 1 saturated carbocycles. The van der Waals surface area contributed by atoms with Crippen LogP contribution in [-0.2, 0) is 10.3 Å². The van der Waals surface area contributed by atoms with Gasteiger partial charge in [0.25, 0.3) is 0 Å². The third kappa shape index (κ3) is 2.75. The van der Waals surface area contributed by atoms with E-state index in [1.807, 2.05) is 45.0 Å². The fourth-order valence-corrected chi connectivity index (χ4v) is 2.41. The summed E-state index contributed by atoms with van der Waals surface area (Å²) in [7, 11) is 0. The Morgan fingerprint density at radius 3 is 2.41 bits per heavy atom. The van der Waals surface area contributed by atoms with E-state index in [0.717, 1.165) is 30.4 Å². The fraction of sp³-hybridized carbons (Fsp3) is 0.533. The Bertz CT molecular complexity index is 386. The van der Waals surface area contributed by atoms with Gasteiger partial charge in [-0.15, -0.1) is 0 Å². The van der Waals surface area contributed by atoms with Gasteiger partial charge in [0, 0.05) is 6.42 Å². The topological polar surface area (TPSA) is 43.1 Å². The van der Waals surface area contributed by atoms with Crippen LogP contribution in [-0.4, -0.2) is 5.78 Å². The van der Waals surface area contributed by atoms with Crippen LogP contribution in [0.15, 0.2) is 24.3 Å². The molecule has 0 spiro atoms. The molecule has 0 radical (unpaired) electrons. The van der Waals surface area contributed by atoms with Crippen molar-refractivity contribution in [1.29, 1.82) is 0 Å². The van der Waals surface area contributed by atoms with E-state index in [1.54, 1.807) is 0 Å². The van der Waals surface area contributed by atoms with E-state index in [2.05, 4.69) is 0 Å². The number of hydrogen-bond acceptors (Lipinski definition) is 2. The Morgan fingerprint density at radius 1 is 1.18 bits per heavy atom. The standard InChI is InChI=1S/C13H17NO.C2H6/c1-10-6-2-3-7-11(10)13(14)9-5-4-8-12(13)15;1-2/h2-3,6-7H,4-5,8-9,14H2,1H3;1-2H3. The molecule has 0 aliphatic heterocycles. The quantitative estimate of drug-likeness (QED) is 0.808. The van der Waals surface area contributed by atoms with Gasteiger partial charge >= 0.3 is 0 Å². The summed E-state index contributed by atoms with van der Waals surface area (Å²) in [5.41, 5.74) is 7.69. The molecule has 0 bridgehead atoms. The Hall–Kier alpha value is -1.15. The van der Waals surface area contributed by atoms with Gasteiger partial charge < -0.3 is 5.73 Å². The van der Waals surface area contributed by atoms with Crippen molar-refractivity contribution in [3.8, 4) is 0 Å². The van der Waals surface area contributed by atoms with E-state index in [1.165, 1.54) is 0 Å². The Morgan fingerprint density at radius 2 is 1.82 bits per heavy atom. The molecule has 0 saturated heterocycles. The molecular weight excluding hydrogens is 210 g/mol. The highest BCUT2D eigenvalue weighted by Crippen LogP contribution is 2.33. The van der Waals surface area contributed by atoms with E-state index in [4.69, 9.17) is 5.73 Å². The first-order valence-corrected chi connectivity index (χ1v) is 6.53. The number of hydrogen-bond donors (Lipinski definition) is 1. The summed E-state index contributed by atoms with van der Waals surface area (Å²) in [6.07, 6.45) is 3.46. The highest BCUT2D eigenvalue weighted by molar-refractivity contribution is 5.90. The average Bonchev–Trinajstić information content (AvgIpc) is 2.36. The predicted molar refractivity (Wildman–Crippen MR) is 71.9 cm³/mol. The van der Waals surface area contributed by atoms with Gasteiger partial charge in [0.15, 0.2) is 5.78 Å². The summed E-state index contributed by atoms with van der Waals surface area (Å²) in [4.78, 5) is 11.9. The molecule has 1 fully saturated rings. The second-order valence-electron chi connectivity index (χ2n) is 4.42. The number of carbonyl (C=O) groups is 1. The molecule has 1 unspecified atom stereocenters. The maximum absolute atomic E-state index is 11.9. The van der Waals surface area contributed by atoms with Gasteiger partial charge in [0.2, 0.25) is 0 Å². The first kappa shape index (κ1) is 13.9. The van der Waals surface area contributed by atoms with Crippen molar-refractivity contribution in [3.63, 3.8) is 0 Å². The summed E-state index contributed by atoms with van der Waals surface area (Å²) < 4.78 is 0. The molecule has 1 aromatic rings. The molecule has 2 heteroatoms. The van der Waals surface area contributed by atoms with Crippen molar-refractivity contribution in [3.05, 3.63) is 35.4 Å². The lowest BCUT2D eigenvalue weighted by atomic mass is 9.75. The van der Waals surface area contributed by atoms with Crippen molar-refractivity contribution in [2.75, 3.05) is 0 Å². The summed E-state index contributed by atoms with van der Waals surface area (Å²) in [5, 5.41) is 0. The molecular formula is C15H23NO. The van der Waals surface area contributed by atoms with Gasteiger partial charge in [0.1, 0.15) is 5.54 Å². The third-order valence-corrected chi connectivity index (χ3v) is 3.35. The first-order valence-electron chi connectivity index (χ1n) is 6.53. The molecule has 2 N–H and O–H groups in total. The Kier molecular flexibility index (Phi) is 4.88. The Balaban J connectivity index is 0.000000686. The van der Waals surface area contributed by atoms with Crippen molar-refractivity contribution in [1.82, 2.24) is 0 Å². The summed E-state index contributed by atoms with van der Waals surface area (Å²) >= 11 is 0. The highest BCUT2D eigenvalue weighted by Gasteiger charge is 2.38. The number of ketones is 1. The van der Waals surface area contributed by atoms with Gasteiger partial charge in [0.05, 0.1) is 0 Å². The van der Waals surface area contributed by atoms with Crippen molar-refractivity contribution in [2.24, 2.45) is 5.73 Å². The zero-order chi connectivity index (χ0) is 12.9. The van der Waals surface area contributed by atoms with E-state index >= 15 is 0 Å². The van der Waals surface area contributed by atoms with E-state index in [9.17, 15) is 4.79 Å². The zero-order valence-corrected chi connectivity index (χ0v) is 11.1. The minimum absolute atomic E-state index is 0.197. The zero-order valence-electron chi connectivity index (χ0n) is 11.1. The van der Waals surface area contributed by atoms with Crippen LogP contribution in [0.25, 0.3) is 0 Å². The van der Waals surface area contributed by atoms with Gasteiger partial charge in [-0.25, -0.2) is 0 Å². The van der Waals surface area contributed by atoms with E-state index in [0.29, 0.717) is 6.42 Å². The predicted octanol–water partition coefficient (Wildman–Crippen LogP) is 3.32. The lowest BCUT2D eigenvalue weighted by Crippen LogP contribution is -2.47. The molecule has 1 aliphatic carbocycles. The van der Waals surface area contributed by atoms with Crippen LogP contribution in [0.5, 0.6) is 0 Å². The van der Waals surface area contributed by atoms with Gasteiger partial charge in [-0.3, -0.25) is 4.79 Å². The SMILES string of the molecule is CC.Cc1ccccc1C1(N)CCCCC1=O. The highest BCUT2D eigenvalue weighted by atomic mass is 16.1. The fourth-order valence-electron chi connectivity index (χ4n) is 2.41. The number of rotatable bonds is 1. The van der Waals surface area contributed by atoms with Crippen molar-refractivity contribution < 1.29 is 4.79 Å². The smallest absolute Gasteiger partial charge is 0.157 e. The molecule has 1 aliphatic rings. The monoisotopic (exact) mass is 233 g/mol. The van der Waals surface area contributed by atoms with Crippen LogP contribution in [0, 0.1) is 6.92 Å². The van der Waals surface area contributed by atoms with Gasteiger partial charge in [-0.2, -0.15) is 0 Å². The minimum atomic E-state index is -0.719. The van der Waals surface area contributed by atoms with Gasteiger partial charge in [-0.1, -0.05) is 44.5 Å². The summed E-state index contributed by atoms with van der Waals surface area (Å²) in [6.45, 7) is 6.02. The lowest BCUT2D eigenvalue weighted by Gasteiger charge is -2.33. The van der Waals surface area contributed by atoms with Crippen LogP contribution >= 0.6 is 0 Å².